The molecule has 8 aromatic rings. The van der Waals surface area contributed by atoms with Crippen molar-refractivity contribution in [3.05, 3.63) is 277 Å². The molecule has 2 heteroatoms. The molecule has 1 N–H and O–H groups in total. The number of hydrogen-bond donors (Lipinski definition) is 1. The number of para-hydroxylation sites is 1. The highest BCUT2D eigenvalue weighted by Crippen LogP contribution is 2.57. The fraction of sp³-hybridized carbons (Fsp3) is 0.0667. The van der Waals surface area contributed by atoms with Crippen LogP contribution in [0.4, 0.5) is 5.69 Å². The van der Waals surface area contributed by atoms with Crippen LogP contribution >= 0.6 is 0 Å². The molecule has 1 aromatic heterocycles. The molecule has 2 atom stereocenters. The zero-order chi connectivity index (χ0) is 41.7. The van der Waals surface area contributed by atoms with Gasteiger partial charge in [-0.2, -0.15) is 0 Å². The number of aromatic nitrogens is 1. The first-order chi connectivity index (χ1) is 30.5. The second-order valence-corrected chi connectivity index (χ2v) is 16.9. The molecule has 3 aliphatic rings. The van der Waals surface area contributed by atoms with Gasteiger partial charge in [-0.3, -0.25) is 0 Å². The van der Waals surface area contributed by atoms with Gasteiger partial charge < -0.3 is 9.88 Å². The Labute approximate surface area is 364 Å². The number of allylic oxidation sites excluding steroid dienone is 12. The van der Waals surface area contributed by atoms with Crippen LogP contribution in [-0.2, 0) is 5.41 Å². The Morgan fingerprint density at radius 3 is 2.02 bits per heavy atom. The van der Waals surface area contributed by atoms with Crippen LogP contribution in [0.15, 0.2) is 243 Å². The molecule has 2 unspecified atom stereocenters. The van der Waals surface area contributed by atoms with Crippen LogP contribution in [0, 0.1) is 11.3 Å². The van der Waals surface area contributed by atoms with Crippen molar-refractivity contribution >= 4 is 44.3 Å². The molecule has 1 heterocycles. The van der Waals surface area contributed by atoms with Gasteiger partial charge in [0, 0.05) is 39.7 Å². The average molecular weight is 795 g/mol. The Morgan fingerprint density at radius 1 is 0.613 bits per heavy atom. The summed E-state index contributed by atoms with van der Waals surface area (Å²) in [5.41, 5.74) is 15.8. The second kappa shape index (κ2) is 15.1. The van der Waals surface area contributed by atoms with Gasteiger partial charge in [0.2, 0.25) is 0 Å². The van der Waals surface area contributed by atoms with Crippen LogP contribution in [-0.4, -0.2) is 4.57 Å². The summed E-state index contributed by atoms with van der Waals surface area (Å²) in [7, 11) is 0. The molecule has 2 nitrogen and oxygen atoms in total. The Kier molecular flexibility index (Phi) is 9.09. The third-order valence-corrected chi connectivity index (χ3v) is 13.2. The van der Waals surface area contributed by atoms with E-state index in [1.807, 2.05) is 30.5 Å². The van der Waals surface area contributed by atoms with Gasteiger partial charge in [0.05, 0.1) is 16.4 Å². The Hall–Kier alpha value is -7.68. The van der Waals surface area contributed by atoms with E-state index < -0.39 is 5.41 Å². The number of hydrogen-bond acceptors (Lipinski definition) is 1. The maximum Gasteiger partial charge on any atom is 0.0713 e. The molecule has 0 fully saturated rings. The fourth-order valence-electron chi connectivity index (χ4n) is 10.2. The molecule has 0 amide bonds. The summed E-state index contributed by atoms with van der Waals surface area (Å²) < 4.78 is 2.51. The molecule has 0 spiro atoms. The van der Waals surface area contributed by atoms with Crippen LogP contribution in [0.25, 0.3) is 49.8 Å². The van der Waals surface area contributed by atoms with Gasteiger partial charge in [0.15, 0.2) is 0 Å². The molecule has 11 rings (SSSR count). The molecule has 62 heavy (non-hydrogen) atoms. The van der Waals surface area contributed by atoms with Crippen molar-refractivity contribution in [3.63, 3.8) is 0 Å². The first-order valence-electron chi connectivity index (χ1n) is 21.6. The molecule has 0 bridgehead atoms. The minimum absolute atomic E-state index is 0.134. The van der Waals surface area contributed by atoms with E-state index in [-0.39, 0.29) is 5.41 Å². The van der Waals surface area contributed by atoms with Crippen molar-refractivity contribution in [2.75, 3.05) is 5.32 Å². The highest BCUT2D eigenvalue weighted by molar-refractivity contribution is 6.14. The predicted octanol–water partition coefficient (Wildman–Crippen LogP) is 15.0. The van der Waals surface area contributed by atoms with Crippen LogP contribution in [0.5, 0.6) is 0 Å². The lowest BCUT2D eigenvalue weighted by atomic mass is 9.67. The normalized spacial score (nSPS) is 18.4. The first-order valence-corrected chi connectivity index (χ1v) is 21.6. The summed E-state index contributed by atoms with van der Waals surface area (Å²) in [6.45, 7) is 6.89. The minimum atomic E-state index is -0.511. The van der Waals surface area contributed by atoms with Crippen LogP contribution < -0.4 is 5.32 Å². The zero-order valence-electron chi connectivity index (χ0n) is 34.7. The van der Waals surface area contributed by atoms with E-state index in [1.165, 1.54) is 60.9 Å². The van der Waals surface area contributed by atoms with Gasteiger partial charge in [-0.1, -0.05) is 183 Å². The Balaban J connectivity index is 1.19. The molecular weight excluding hydrogens is 749 g/mol. The monoisotopic (exact) mass is 794 g/mol. The van der Waals surface area contributed by atoms with Crippen molar-refractivity contribution in [2.45, 2.75) is 12.3 Å². The SMILES string of the molecule is C=C(/C=C(\C=C/Nc1ccccc1)c1ccc2c(c1)c1cc3c(cc1n2C1=CC2(C)C=CC=CC2C=C1)-c1ccccc1C3(c1ccccc1)c1ccccc1)c1ccccc1. The van der Waals surface area contributed by atoms with Gasteiger partial charge >= 0.3 is 0 Å². The van der Waals surface area contributed by atoms with E-state index in [2.05, 4.69) is 230 Å². The smallest absolute Gasteiger partial charge is 0.0713 e. The highest BCUT2D eigenvalue weighted by atomic mass is 15.0. The molecule has 296 valence electrons. The molecule has 3 aliphatic carbocycles. The fourth-order valence-corrected chi connectivity index (χ4v) is 10.2. The second-order valence-electron chi connectivity index (χ2n) is 16.9. The van der Waals surface area contributed by atoms with Gasteiger partial charge in [-0.05, 0) is 116 Å². The van der Waals surface area contributed by atoms with Crippen molar-refractivity contribution < 1.29 is 0 Å². The van der Waals surface area contributed by atoms with E-state index in [0.717, 1.165) is 28.0 Å². The number of nitrogens with zero attached hydrogens (tertiary/aromatic N) is 1. The maximum atomic E-state index is 4.55. The zero-order valence-corrected chi connectivity index (χ0v) is 34.7. The lowest BCUT2D eigenvalue weighted by Crippen LogP contribution is -2.28. The number of nitrogens with one attached hydrogen (secondary N) is 1. The maximum absolute atomic E-state index is 4.55. The summed E-state index contributed by atoms with van der Waals surface area (Å²) >= 11 is 0. The molecule has 0 saturated heterocycles. The summed E-state index contributed by atoms with van der Waals surface area (Å²) in [4.78, 5) is 0. The van der Waals surface area contributed by atoms with Crippen molar-refractivity contribution in [1.82, 2.24) is 4.57 Å². The minimum Gasteiger partial charge on any atom is -0.362 e. The number of fused-ring (bicyclic) bond motifs is 7. The van der Waals surface area contributed by atoms with Gasteiger partial charge in [-0.25, -0.2) is 0 Å². The molecule has 0 radical (unpaired) electrons. The van der Waals surface area contributed by atoms with Gasteiger partial charge in [-0.15, -0.1) is 0 Å². The Bertz CT molecular complexity index is 3170. The van der Waals surface area contributed by atoms with Crippen LogP contribution in [0.3, 0.4) is 0 Å². The van der Waals surface area contributed by atoms with Gasteiger partial charge in [0.25, 0.3) is 0 Å². The van der Waals surface area contributed by atoms with Crippen molar-refractivity contribution in [1.29, 1.82) is 0 Å². The predicted molar refractivity (Wildman–Crippen MR) is 263 cm³/mol. The number of rotatable bonds is 9. The quantitative estimate of drug-likeness (QED) is 0.144. The van der Waals surface area contributed by atoms with Crippen molar-refractivity contribution in [2.24, 2.45) is 11.3 Å². The highest BCUT2D eigenvalue weighted by Gasteiger charge is 2.46. The van der Waals surface area contributed by atoms with E-state index >= 15 is 0 Å². The largest absolute Gasteiger partial charge is 0.362 e. The van der Waals surface area contributed by atoms with E-state index in [1.54, 1.807) is 0 Å². The topological polar surface area (TPSA) is 17.0 Å². The summed E-state index contributed by atoms with van der Waals surface area (Å²) in [6.07, 6.45) is 22.6. The van der Waals surface area contributed by atoms with E-state index in [4.69, 9.17) is 0 Å². The molecule has 7 aromatic carbocycles. The number of benzene rings is 7. The average Bonchev–Trinajstić information content (AvgIpc) is 3.80. The third-order valence-electron chi connectivity index (χ3n) is 13.2. The summed E-state index contributed by atoms with van der Waals surface area (Å²) in [6, 6.07) is 63.9. The standard InChI is InChI=1S/C60H46N2/c1-42(43-19-7-3-8-20-43)37-45(34-36-61-49-26-13-6-14-27-49)44-30-33-57-53(38-44)54-39-56-52(40-58(54)62(57)50-32-31-46-21-17-18-35-59(46,2)41-50)51-28-15-16-29-55(51)60(56,47-22-9-4-10-23-47)48-24-11-5-12-25-48/h3-41,46,61H,1H2,2H3/b36-34-,45-37+. The lowest BCUT2D eigenvalue weighted by Gasteiger charge is -2.34. The summed E-state index contributed by atoms with van der Waals surface area (Å²) in [5.74, 6) is 0.311. The van der Waals surface area contributed by atoms with Crippen LogP contribution in [0.2, 0.25) is 0 Å². The third kappa shape index (κ3) is 6.10. The first kappa shape index (κ1) is 37.3. The van der Waals surface area contributed by atoms with Gasteiger partial charge in [0.1, 0.15) is 0 Å². The molecule has 0 aliphatic heterocycles. The Morgan fingerprint density at radius 2 is 1.27 bits per heavy atom. The van der Waals surface area contributed by atoms with Crippen LogP contribution in [0.1, 0.15) is 40.3 Å². The van der Waals surface area contributed by atoms with E-state index in [0.29, 0.717) is 5.92 Å². The number of anilines is 1. The lowest BCUT2D eigenvalue weighted by molar-refractivity contribution is 0.453. The van der Waals surface area contributed by atoms with Crippen molar-refractivity contribution in [3.8, 4) is 11.1 Å². The molecule has 0 saturated carbocycles. The van der Waals surface area contributed by atoms with E-state index in [9.17, 15) is 0 Å². The molecular formula is C60H46N2. The summed E-state index contributed by atoms with van der Waals surface area (Å²) in [5, 5.41) is 5.92.